The second kappa shape index (κ2) is 65.2. The summed E-state index contributed by atoms with van der Waals surface area (Å²) in [6.45, 7) is 41.5. The van der Waals surface area contributed by atoms with Gasteiger partial charge in [-0.05, 0) is 288 Å². The number of allylic oxidation sites excluding steroid dienone is 4. The summed E-state index contributed by atoms with van der Waals surface area (Å²) in [5, 5.41) is 27.9. The molecule has 8 aliphatic rings. The minimum atomic E-state index is -1.19. The number of ether oxygens (including phenoxy) is 15. The number of nitrogens with zero attached hydrogens (tertiary/aromatic N) is 6. The molecule has 0 spiro atoms. The van der Waals surface area contributed by atoms with Gasteiger partial charge in [0.05, 0.1) is 58.6 Å². The molecule has 8 rings (SSSR count). The van der Waals surface area contributed by atoms with Crippen LogP contribution in [0.2, 0.25) is 0 Å². The van der Waals surface area contributed by atoms with Crippen LogP contribution < -0.4 is 11.5 Å². The number of nitrogens with two attached hydrogens (primary N) is 2. The van der Waals surface area contributed by atoms with Gasteiger partial charge >= 0.3 is 60.4 Å². The molecule has 7 amide bonds. The highest BCUT2D eigenvalue weighted by Crippen LogP contribution is 2.28. The number of aliphatic carboxylic acids is 3. The quantitative estimate of drug-likeness (QED) is 0.0221. The summed E-state index contributed by atoms with van der Waals surface area (Å²) >= 11 is 0. The number of methoxy groups -OCH3 is 1. The van der Waals surface area contributed by atoms with Crippen molar-refractivity contribution in [3.05, 3.63) is 59.6 Å². The fraction of sp³-hybridized carbons (Fsp3) is 0.766. The molecule has 7 atom stereocenters. The van der Waals surface area contributed by atoms with Crippen LogP contribution in [0.4, 0.5) is 28.8 Å². The van der Waals surface area contributed by atoms with Gasteiger partial charge in [-0.3, -0.25) is 34.0 Å². The molecule has 0 aromatic rings. The van der Waals surface area contributed by atoms with Gasteiger partial charge in [-0.25, -0.2) is 43.2 Å². The number of esters is 1. The van der Waals surface area contributed by atoms with Crippen molar-refractivity contribution in [3.8, 4) is 0 Å². The summed E-state index contributed by atoms with van der Waals surface area (Å²) in [6, 6.07) is -2.47. The molecule has 133 heavy (non-hydrogen) atoms. The predicted octanol–water partition coefficient (Wildman–Crippen LogP) is 14.2. The first-order chi connectivity index (χ1) is 61.3. The van der Waals surface area contributed by atoms with Crippen LogP contribution in [0.5, 0.6) is 0 Å². The molecule has 3 unspecified atom stereocenters. The maximum Gasteiger partial charge on any atom is 0.414 e. The lowest BCUT2D eigenvalue weighted by atomic mass is 9.93. The highest BCUT2D eigenvalue weighted by atomic mass is 16.6. The van der Waals surface area contributed by atoms with Crippen molar-refractivity contribution in [2.45, 2.75) is 311 Å². The number of aldehydes is 1. The molecule has 0 aromatic heterocycles. The zero-order chi connectivity index (χ0) is 101. The van der Waals surface area contributed by atoms with Gasteiger partial charge in [-0.2, -0.15) is 0 Å². The zero-order valence-electron chi connectivity index (χ0n) is 84.4. The number of hydrogen-bond acceptors (Lipinski definition) is 28. The molecule has 763 valence electrons. The van der Waals surface area contributed by atoms with Gasteiger partial charge in [0.2, 0.25) is 5.91 Å². The number of amides is 7. The Morgan fingerprint density at radius 3 is 1.11 bits per heavy atom. The van der Waals surface area contributed by atoms with E-state index < -0.39 is 112 Å². The second-order valence-corrected chi connectivity index (χ2v) is 38.7. The van der Waals surface area contributed by atoms with Crippen molar-refractivity contribution in [1.82, 2.24) is 29.4 Å². The summed E-state index contributed by atoms with van der Waals surface area (Å²) < 4.78 is 76.9. The number of primary amides is 1. The average Bonchev–Trinajstić information content (AvgIpc) is 1.23. The van der Waals surface area contributed by atoms with Gasteiger partial charge in [-0.1, -0.05) is 0 Å². The van der Waals surface area contributed by atoms with E-state index in [2.05, 4.69) is 4.74 Å². The molecule has 38 nitrogen and oxygen atoms in total. The molecular formula is C94H164BN8O30. The normalized spacial score (nSPS) is 18.4. The van der Waals surface area contributed by atoms with Gasteiger partial charge < -0.3 is 108 Å². The lowest BCUT2D eigenvalue weighted by molar-refractivity contribution is -0.144. The number of carboxylic acid groups (broad SMARTS) is 3. The number of hydrogen-bond donors (Lipinski definition) is 5. The van der Waals surface area contributed by atoms with E-state index in [0.717, 1.165) is 174 Å². The Kier molecular flexibility index (Phi) is 61.5. The first-order valence-electron chi connectivity index (χ1n) is 45.5. The highest BCUT2D eigenvalue weighted by Gasteiger charge is 2.37. The number of carbonyl (C=O) groups excluding carboxylic acids is 9. The molecule has 0 aliphatic carbocycles. The molecule has 8 heterocycles. The zero-order valence-corrected chi connectivity index (χ0v) is 84.4. The smallest absolute Gasteiger partial charge is 0.414 e. The van der Waals surface area contributed by atoms with E-state index >= 15 is 0 Å². The van der Waals surface area contributed by atoms with E-state index in [4.69, 9.17) is 77.8 Å². The van der Waals surface area contributed by atoms with E-state index in [-0.39, 0.29) is 51.0 Å². The Hall–Kier alpha value is -9.60. The van der Waals surface area contributed by atoms with Crippen LogP contribution >= 0.6 is 0 Å². The van der Waals surface area contributed by atoms with Crippen LogP contribution in [0.1, 0.15) is 253 Å². The maximum atomic E-state index is 12.0. The molecule has 7 N–H and O–H groups in total. The van der Waals surface area contributed by atoms with Crippen LogP contribution in [0.3, 0.4) is 0 Å². The minimum absolute atomic E-state index is 0. The van der Waals surface area contributed by atoms with E-state index in [0.29, 0.717) is 51.7 Å². The first kappa shape index (κ1) is 125. The van der Waals surface area contributed by atoms with Gasteiger partial charge in [0.25, 0.3) is 0 Å². The first-order valence-corrected chi connectivity index (χ1v) is 45.5. The van der Waals surface area contributed by atoms with Crippen LogP contribution in [-0.4, -0.2) is 325 Å². The van der Waals surface area contributed by atoms with E-state index in [9.17, 15) is 72.9 Å². The summed E-state index contributed by atoms with van der Waals surface area (Å²) in [4.78, 5) is 145. The number of carbonyl (C=O) groups is 12. The fourth-order valence-electron chi connectivity index (χ4n) is 12.5. The van der Waals surface area contributed by atoms with E-state index in [1.54, 1.807) is 135 Å². The van der Waals surface area contributed by atoms with Gasteiger partial charge in [0, 0.05) is 128 Å². The van der Waals surface area contributed by atoms with E-state index in [1.165, 1.54) is 89.4 Å². The van der Waals surface area contributed by atoms with Crippen molar-refractivity contribution >= 4 is 81.0 Å². The maximum absolute atomic E-state index is 12.0. The molecule has 4 saturated heterocycles. The lowest BCUT2D eigenvalue weighted by Crippen LogP contribution is -2.48. The van der Waals surface area contributed by atoms with Crippen molar-refractivity contribution < 1.29 is 144 Å². The summed E-state index contributed by atoms with van der Waals surface area (Å²) in [7, 11) is 10.3. The molecule has 8 aliphatic heterocycles. The van der Waals surface area contributed by atoms with Crippen molar-refractivity contribution in [2.75, 3.05) is 142 Å². The van der Waals surface area contributed by atoms with Gasteiger partial charge in [0.1, 0.15) is 70.3 Å². The SMILES string of the molecule is C1=COCCC1.C1CCOC1.CN(C(=O)OC(C)(C)C)/C(=C\C1=COCCC1)C(=O)O.CN(C(=O)OC(C)(C)C)[C@@H](CC1=COCCC1)C(=O)O.CN(C(=O)OC(C)(C)C)[C@@H](CC1CCCOC1)C(=O)O.CN(C(=O)OC(C)(C)C)[C@@H](CC1CCCOC1)C(N)=O.CN(C(=O)OC(C)(C)C)[C@H](CN)CC1CCCOC1.COC(=O)CN(C)C(=O)OC(C)(C)C.O=CC1=COCCC1.[B]. The van der Waals surface area contributed by atoms with Crippen LogP contribution in [0, 0.1) is 17.8 Å². The second-order valence-electron chi connectivity index (χ2n) is 38.7. The Labute approximate surface area is 792 Å². The summed E-state index contributed by atoms with van der Waals surface area (Å²) in [6.07, 6.45) is 25.6. The minimum Gasteiger partial charge on any atom is -0.502 e. The fourth-order valence-corrected chi connectivity index (χ4v) is 12.5. The van der Waals surface area contributed by atoms with Gasteiger partial charge in [-0.15, -0.1) is 0 Å². The molecule has 39 heteroatoms. The Balaban J connectivity index is 0. The van der Waals surface area contributed by atoms with Crippen LogP contribution in [0.15, 0.2) is 59.6 Å². The van der Waals surface area contributed by atoms with Crippen molar-refractivity contribution in [2.24, 2.45) is 29.2 Å². The van der Waals surface area contributed by atoms with Crippen LogP contribution in [0.25, 0.3) is 0 Å². The third-order valence-corrected chi connectivity index (χ3v) is 19.4. The third kappa shape index (κ3) is 61.8. The van der Waals surface area contributed by atoms with Crippen molar-refractivity contribution in [3.63, 3.8) is 0 Å². The topological polar surface area (TPSA) is 475 Å². The molecule has 0 saturated carbocycles. The van der Waals surface area contributed by atoms with Crippen LogP contribution in [-0.2, 0) is 99.8 Å². The monoisotopic (exact) mass is 1900 g/mol. The third-order valence-electron chi connectivity index (χ3n) is 19.4. The largest absolute Gasteiger partial charge is 0.502 e. The number of likely N-dealkylation sites (N-methyl/N-ethyl adjacent to an activating group) is 6. The predicted molar refractivity (Wildman–Crippen MR) is 500 cm³/mol. The molecule has 3 radical (unpaired) electrons. The number of rotatable bonds is 22. The van der Waals surface area contributed by atoms with Gasteiger partial charge in [0.15, 0.2) is 0 Å². The molecular weight excluding hydrogens is 1730 g/mol. The Morgan fingerprint density at radius 1 is 0.444 bits per heavy atom. The molecule has 4 fully saturated rings. The summed E-state index contributed by atoms with van der Waals surface area (Å²) in [5.74, 6) is -3.31. The standard InChI is InChI=1S/C14H26N2O4.C14H28N2O3.C14H25NO5.C14H23NO5.C14H21NO5.C9H17NO4.C6H8O2.C5H8O.C4H8O.B/c1-14(2,3)20-13(18)16(4)11(12(15)17)8-10-6-5-7-19-9-10;1-14(2,3)19-13(17)16(4)12(9-15)8-11-6-5-7-18-10-11;3*1-14(2,3)20-13(18)15(4)11(12(16)17)8-10-6-5-7-19-9-10;1-9(2,3)14-8(12)10(4)6-7(11)13-5;7-4-6-2-1-3-8-5-6;1-2-4-6-5-3-1;1-2-4-5-3-1;/h10-11H,5-9H2,1-4H3,(H2,15,17);11-12H,5-10,15H2,1-4H3;10-11H,5-9H2,1-4H3,(H,16,17);9,11H,5-8H2,1-4H3,(H,16,17);8-9H,5-7H2,1-4H3,(H,16,17);6H2,1-5H3;4-5H,1-3H2;2,4H,1,3,5H2;1-4H2;/b;;;;11-8-;;;;;/t10?,11-;11?,12-;10?,11-;11-;;;;;;/m0000....../s1. The van der Waals surface area contributed by atoms with E-state index in [1.807, 2.05) is 26.8 Å². The Bertz CT molecular complexity index is 3520. The molecule has 0 bridgehead atoms. The Morgan fingerprint density at radius 2 is 0.812 bits per heavy atom. The average molecular weight is 1900 g/mol. The highest BCUT2D eigenvalue weighted by molar-refractivity contribution is 5.91. The van der Waals surface area contributed by atoms with Crippen molar-refractivity contribution in [1.29, 1.82) is 0 Å². The number of carboxylic acids is 3. The summed E-state index contributed by atoms with van der Waals surface area (Å²) in [5.41, 5.74) is 9.91. The molecule has 0 aromatic carbocycles. The lowest BCUT2D eigenvalue weighted by Gasteiger charge is -2.33.